The van der Waals surface area contributed by atoms with Gasteiger partial charge in [0.05, 0.1) is 16.7 Å². The predicted molar refractivity (Wildman–Crippen MR) is 141 cm³/mol. The quantitative estimate of drug-likeness (QED) is 0.225. The number of nitrogens with two attached hydrogens (primary N) is 1. The fourth-order valence-electron chi connectivity index (χ4n) is 4.23. The summed E-state index contributed by atoms with van der Waals surface area (Å²) in [5.74, 6) is -1.97. The van der Waals surface area contributed by atoms with Gasteiger partial charge in [-0.25, -0.2) is 9.37 Å². The molecule has 10 heteroatoms. The number of carbonyl (C=O) groups is 1. The molecule has 0 unspecified atom stereocenters. The van der Waals surface area contributed by atoms with Crippen LogP contribution < -0.4 is 15.5 Å². The number of benzene rings is 3. The van der Waals surface area contributed by atoms with Crippen LogP contribution in [0.25, 0.3) is 38.3 Å². The van der Waals surface area contributed by atoms with Crippen LogP contribution in [0.4, 0.5) is 10.1 Å². The zero-order chi connectivity index (χ0) is 26.4. The molecule has 0 saturated carbocycles. The van der Waals surface area contributed by atoms with Crippen LogP contribution in [0.5, 0.6) is 5.95 Å². The molecule has 0 bridgehead atoms. The number of thiophene rings is 1. The highest BCUT2D eigenvalue weighted by atomic mass is 35.5. The summed E-state index contributed by atoms with van der Waals surface area (Å²) in [5.41, 5.74) is 9.37. The van der Waals surface area contributed by atoms with E-state index in [0.29, 0.717) is 37.7 Å². The maximum absolute atomic E-state index is 14.2. The van der Waals surface area contributed by atoms with Crippen molar-refractivity contribution < 1.29 is 23.5 Å². The van der Waals surface area contributed by atoms with Gasteiger partial charge in [-0.05, 0) is 46.1 Å². The summed E-state index contributed by atoms with van der Waals surface area (Å²) in [6.45, 7) is 0. The minimum atomic E-state index is -0.893. The summed E-state index contributed by atoms with van der Waals surface area (Å²) in [6, 6.07) is 23.7. The van der Waals surface area contributed by atoms with Crippen LogP contribution in [0.1, 0.15) is 15.4 Å². The molecule has 186 valence electrons. The van der Waals surface area contributed by atoms with Crippen LogP contribution in [0.3, 0.4) is 0 Å². The summed E-state index contributed by atoms with van der Waals surface area (Å²) in [6.07, 6.45) is 0. The van der Waals surface area contributed by atoms with Gasteiger partial charge in [-0.3, -0.25) is 4.79 Å². The van der Waals surface area contributed by atoms with Gasteiger partial charge in [-0.15, -0.1) is 11.3 Å². The van der Waals surface area contributed by atoms with Gasteiger partial charge in [-0.1, -0.05) is 54.1 Å². The number of nitrogens with zero attached hydrogens (tertiary/aromatic N) is 3. The van der Waals surface area contributed by atoms with Gasteiger partial charge in [0, 0.05) is 28.1 Å². The molecule has 3 aromatic carbocycles. The highest BCUT2D eigenvalue weighted by molar-refractivity contribution is 7.21. The van der Waals surface area contributed by atoms with Crippen molar-refractivity contribution in [3.05, 3.63) is 106 Å². The summed E-state index contributed by atoms with van der Waals surface area (Å²) in [4.78, 5) is 19.0. The van der Waals surface area contributed by atoms with Gasteiger partial charge < -0.3 is 15.4 Å². The first kappa shape index (κ1) is 23.8. The molecule has 6 rings (SSSR count). The standard InChI is InChI=1S/C28H16ClFN4O3S/c29-17-11-9-15(10-12-17)21-14-20(16-5-4-6-18(30)13-16)22-23(31)26(38-27(22)32-21)25(35)24-28(36)37-33-34(24)19-7-2-1-3-8-19/h1-14H,(H2-,31,33,35,36). The minimum Gasteiger partial charge on any atom is -0.539 e. The summed E-state index contributed by atoms with van der Waals surface area (Å²) in [5, 5.41) is 17.4. The van der Waals surface area contributed by atoms with Crippen LogP contribution in [-0.4, -0.2) is 16.0 Å². The minimum absolute atomic E-state index is 0.100. The Hall–Kier alpha value is -4.60. The predicted octanol–water partition coefficient (Wildman–Crippen LogP) is 5.57. The number of nitrogen functional groups attached to an aromatic ring is 1. The number of ketones is 1. The summed E-state index contributed by atoms with van der Waals surface area (Å²) >= 11 is 7.10. The van der Waals surface area contributed by atoms with Crippen LogP contribution >= 0.6 is 22.9 Å². The molecule has 0 aliphatic heterocycles. The van der Waals surface area contributed by atoms with E-state index in [1.165, 1.54) is 12.1 Å². The number of halogens is 2. The van der Waals surface area contributed by atoms with Crippen molar-refractivity contribution in [1.29, 1.82) is 0 Å². The lowest BCUT2D eigenvalue weighted by Crippen LogP contribution is -2.39. The molecule has 0 fully saturated rings. The molecule has 0 atom stereocenters. The van der Waals surface area contributed by atoms with Crippen molar-refractivity contribution in [1.82, 2.24) is 10.3 Å². The SMILES string of the molecule is Nc1c(C(=O)c2c([O-])on[n+]2-c2ccccc2)sc2nc(-c3ccc(Cl)cc3)cc(-c3cccc(F)c3)c12. The van der Waals surface area contributed by atoms with E-state index in [-0.39, 0.29) is 16.3 Å². The van der Waals surface area contributed by atoms with E-state index in [4.69, 9.17) is 26.8 Å². The van der Waals surface area contributed by atoms with Crippen molar-refractivity contribution in [2.45, 2.75) is 0 Å². The molecular formula is C28H16ClFN4O3S. The zero-order valence-corrected chi connectivity index (χ0v) is 21.0. The number of fused-ring (bicyclic) bond motifs is 1. The molecule has 2 N–H and O–H groups in total. The molecule has 3 aromatic heterocycles. The lowest BCUT2D eigenvalue weighted by molar-refractivity contribution is -0.672. The number of hydrogen-bond acceptors (Lipinski definition) is 7. The summed E-state index contributed by atoms with van der Waals surface area (Å²) in [7, 11) is 0. The van der Waals surface area contributed by atoms with Crippen LogP contribution in [0.2, 0.25) is 5.02 Å². The van der Waals surface area contributed by atoms with Gasteiger partial charge in [0.15, 0.2) is 5.95 Å². The van der Waals surface area contributed by atoms with Crippen molar-refractivity contribution in [3.63, 3.8) is 0 Å². The smallest absolute Gasteiger partial charge is 0.312 e. The Morgan fingerprint density at radius 1 is 1.00 bits per heavy atom. The van der Waals surface area contributed by atoms with E-state index in [0.717, 1.165) is 21.6 Å². The number of rotatable bonds is 5. The lowest BCUT2D eigenvalue weighted by Gasteiger charge is -2.09. The number of hydrogen-bond donors (Lipinski definition) is 1. The largest absolute Gasteiger partial charge is 0.539 e. The first-order valence-electron chi connectivity index (χ1n) is 11.3. The Bertz CT molecular complexity index is 1840. The van der Waals surface area contributed by atoms with E-state index in [9.17, 15) is 14.3 Å². The van der Waals surface area contributed by atoms with E-state index in [1.54, 1.807) is 60.7 Å². The third-order valence-corrected chi connectivity index (χ3v) is 7.36. The average Bonchev–Trinajstić information content (AvgIpc) is 3.48. The first-order chi connectivity index (χ1) is 18.4. The lowest BCUT2D eigenvalue weighted by atomic mass is 9.99. The fourth-order valence-corrected chi connectivity index (χ4v) is 5.42. The second kappa shape index (κ2) is 9.37. The van der Waals surface area contributed by atoms with Crippen LogP contribution in [0.15, 0.2) is 89.5 Å². The number of anilines is 1. The van der Waals surface area contributed by atoms with Gasteiger partial charge >= 0.3 is 5.69 Å². The zero-order valence-electron chi connectivity index (χ0n) is 19.4. The number of aromatic nitrogens is 3. The second-order valence-electron chi connectivity index (χ2n) is 8.38. The molecule has 3 heterocycles. The van der Waals surface area contributed by atoms with Gasteiger partial charge in [0.25, 0.3) is 5.78 Å². The van der Waals surface area contributed by atoms with Gasteiger partial charge in [-0.2, -0.15) is 0 Å². The van der Waals surface area contributed by atoms with E-state index < -0.39 is 17.5 Å². The van der Waals surface area contributed by atoms with Crippen LogP contribution in [0, 0.1) is 5.82 Å². The molecule has 0 spiro atoms. The summed E-state index contributed by atoms with van der Waals surface area (Å²) < 4.78 is 20.2. The molecular weight excluding hydrogens is 527 g/mol. The number of para-hydroxylation sites is 1. The Balaban J connectivity index is 1.57. The fraction of sp³-hybridized carbons (Fsp3) is 0. The molecule has 0 radical (unpaired) electrons. The van der Waals surface area contributed by atoms with Crippen molar-refractivity contribution >= 4 is 44.6 Å². The molecule has 38 heavy (non-hydrogen) atoms. The third kappa shape index (κ3) is 4.07. The van der Waals surface area contributed by atoms with Gasteiger partial charge in [0.1, 0.15) is 15.5 Å². The monoisotopic (exact) mass is 542 g/mol. The molecule has 0 amide bonds. The molecule has 6 aromatic rings. The average molecular weight is 543 g/mol. The third-order valence-electron chi connectivity index (χ3n) is 6.01. The number of carbonyl (C=O) groups excluding carboxylic acids is 1. The Labute approximate surface area is 224 Å². The van der Waals surface area contributed by atoms with Crippen molar-refractivity contribution in [2.75, 3.05) is 5.73 Å². The molecule has 0 saturated heterocycles. The first-order valence-corrected chi connectivity index (χ1v) is 12.5. The Morgan fingerprint density at radius 2 is 1.76 bits per heavy atom. The highest BCUT2D eigenvalue weighted by Gasteiger charge is 2.32. The molecule has 7 nitrogen and oxygen atoms in total. The topological polar surface area (TPSA) is 109 Å². The maximum Gasteiger partial charge on any atom is 0.312 e. The van der Waals surface area contributed by atoms with Gasteiger partial charge in [0.2, 0.25) is 5.69 Å². The van der Waals surface area contributed by atoms with Crippen LogP contribution in [-0.2, 0) is 0 Å². The number of pyridine rings is 1. The normalized spacial score (nSPS) is 11.2. The van der Waals surface area contributed by atoms with Crippen molar-refractivity contribution in [2.24, 2.45) is 0 Å². The Kier molecular flexibility index (Phi) is 5.86. The molecule has 0 aliphatic rings. The van der Waals surface area contributed by atoms with E-state index in [1.807, 2.05) is 12.1 Å². The molecule has 0 aliphatic carbocycles. The maximum atomic E-state index is 14.2. The Morgan fingerprint density at radius 3 is 2.50 bits per heavy atom. The highest BCUT2D eigenvalue weighted by Crippen LogP contribution is 2.42. The van der Waals surface area contributed by atoms with Crippen molar-refractivity contribution in [3.8, 4) is 34.0 Å². The van der Waals surface area contributed by atoms with E-state index in [2.05, 4.69) is 5.27 Å². The second-order valence-corrected chi connectivity index (χ2v) is 9.82. The van der Waals surface area contributed by atoms with E-state index >= 15 is 0 Å².